The first-order valence-corrected chi connectivity index (χ1v) is 9.20. The van der Waals surface area contributed by atoms with Gasteiger partial charge >= 0.3 is 0 Å². The lowest BCUT2D eigenvalue weighted by Gasteiger charge is -2.39. The van der Waals surface area contributed by atoms with Gasteiger partial charge in [0.05, 0.1) is 6.10 Å². The Kier molecular flexibility index (Phi) is 5.53. The van der Waals surface area contributed by atoms with Crippen molar-refractivity contribution in [1.82, 2.24) is 4.90 Å². The number of aliphatic hydroxyl groups is 1. The summed E-state index contributed by atoms with van der Waals surface area (Å²) in [7, 11) is 0. The van der Waals surface area contributed by atoms with E-state index in [-0.39, 0.29) is 6.04 Å². The van der Waals surface area contributed by atoms with Gasteiger partial charge in [-0.25, -0.2) is 0 Å². The molecule has 3 rings (SSSR count). The fourth-order valence-electron chi connectivity index (χ4n) is 3.59. The van der Waals surface area contributed by atoms with E-state index in [1.54, 1.807) is 4.90 Å². The van der Waals surface area contributed by atoms with Gasteiger partial charge in [-0.3, -0.25) is 4.79 Å². The predicted octanol–water partition coefficient (Wildman–Crippen LogP) is 3.63. The largest absolute Gasteiger partial charge is 0.387 e. The Bertz CT molecular complexity index is 757. The van der Waals surface area contributed by atoms with E-state index in [1.807, 2.05) is 60.7 Å². The van der Waals surface area contributed by atoms with Crippen LogP contribution in [0.15, 0.2) is 60.7 Å². The lowest BCUT2D eigenvalue weighted by atomic mass is 10.0. The van der Waals surface area contributed by atoms with Crippen LogP contribution < -0.4 is 4.90 Å². The lowest BCUT2D eigenvalue weighted by Crippen LogP contribution is -2.48. The van der Waals surface area contributed by atoms with Crippen molar-refractivity contribution in [3.63, 3.8) is 0 Å². The third-order valence-electron chi connectivity index (χ3n) is 5.00. The van der Waals surface area contributed by atoms with Gasteiger partial charge < -0.3 is 14.9 Å². The number of carbonyl (C=O) groups excluding carboxylic acids is 1. The number of rotatable bonds is 6. The molecule has 0 aliphatic carbocycles. The minimum absolute atomic E-state index is 0.0463. The second-order valence-electron chi connectivity index (χ2n) is 6.72. The minimum atomic E-state index is -1.92. The average Bonchev–Trinajstić information content (AvgIpc) is 2.70. The first-order valence-electron chi connectivity index (χ1n) is 10.2. The number of carbonyl (C=O) groups is 1. The third kappa shape index (κ3) is 4.51. The minimum Gasteiger partial charge on any atom is -0.387 e. The SMILES string of the molecule is [2H]C([2H])(C)C(=O)N(c1ccccc1)C1CCN(CC(O)c2ccccc2)CC1. The molecule has 1 aliphatic rings. The summed E-state index contributed by atoms with van der Waals surface area (Å²) in [6.45, 7) is 3.40. The van der Waals surface area contributed by atoms with Gasteiger partial charge in [-0.15, -0.1) is 0 Å². The smallest absolute Gasteiger partial charge is 0.226 e. The Morgan fingerprint density at radius 2 is 1.73 bits per heavy atom. The van der Waals surface area contributed by atoms with Crippen LogP contribution in [-0.2, 0) is 4.79 Å². The number of β-amino-alcohol motifs (C(OH)–C–C–N with tert-alkyl or cyclic N) is 1. The molecule has 1 heterocycles. The molecular weight excluding hydrogens is 324 g/mol. The van der Waals surface area contributed by atoms with E-state index in [9.17, 15) is 9.90 Å². The molecule has 1 atom stereocenters. The second-order valence-corrected chi connectivity index (χ2v) is 6.72. The molecule has 1 saturated heterocycles. The highest BCUT2D eigenvalue weighted by atomic mass is 16.3. The number of aliphatic hydroxyl groups excluding tert-OH is 1. The fourth-order valence-corrected chi connectivity index (χ4v) is 3.59. The second kappa shape index (κ2) is 8.97. The predicted molar refractivity (Wildman–Crippen MR) is 105 cm³/mol. The molecule has 4 heteroatoms. The fraction of sp³-hybridized carbons (Fsp3) is 0.409. The molecule has 4 nitrogen and oxygen atoms in total. The summed E-state index contributed by atoms with van der Waals surface area (Å²) in [5, 5.41) is 10.5. The summed E-state index contributed by atoms with van der Waals surface area (Å²) in [4.78, 5) is 16.6. The Balaban J connectivity index is 1.66. The van der Waals surface area contributed by atoms with Gasteiger partial charge in [0.15, 0.2) is 0 Å². The summed E-state index contributed by atoms with van der Waals surface area (Å²) in [6, 6.07) is 18.9. The van der Waals surface area contributed by atoms with E-state index < -0.39 is 18.4 Å². The number of amides is 1. The molecule has 0 bridgehead atoms. The molecule has 0 saturated carbocycles. The van der Waals surface area contributed by atoms with Crippen molar-refractivity contribution in [1.29, 1.82) is 0 Å². The summed E-state index contributed by atoms with van der Waals surface area (Å²) < 4.78 is 15.8. The number of nitrogens with zero attached hydrogens (tertiary/aromatic N) is 2. The first kappa shape index (κ1) is 16.0. The number of benzene rings is 2. The Morgan fingerprint density at radius 1 is 1.15 bits per heavy atom. The summed E-state index contributed by atoms with van der Waals surface area (Å²) >= 11 is 0. The average molecular weight is 354 g/mol. The zero-order valence-electron chi connectivity index (χ0n) is 17.2. The molecular formula is C22H28N2O2. The van der Waals surface area contributed by atoms with E-state index in [0.29, 0.717) is 6.54 Å². The molecule has 1 N–H and O–H groups in total. The van der Waals surface area contributed by atoms with Gasteiger partial charge in [-0.05, 0) is 30.5 Å². The van der Waals surface area contributed by atoms with Gasteiger partial charge in [-0.1, -0.05) is 55.5 Å². The lowest BCUT2D eigenvalue weighted by molar-refractivity contribution is -0.119. The maximum Gasteiger partial charge on any atom is 0.226 e. The molecule has 1 unspecified atom stereocenters. The van der Waals surface area contributed by atoms with E-state index in [0.717, 1.165) is 37.2 Å². The maximum atomic E-state index is 12.8. The van der Waals surface area contributed by atoms with Crippen molar-refractivity contribution < 1.29 is 12.6 Å². The number of anilines is 1. The van der Waals surface area contributed by atoms with Crippen molar-refractivity contribution in [3.05, 3.63) is 66.2 Å². The van der Waals surface area contributed by atoms with Crippen LogP contribution in [0, 0.1) is 0 Å². The Hall–Kier alpha value is -2.17. The molecule has 0 aromatic heterocycles. The normalized spacial score (nSPS) is 18.7. The number of hydrogen-bond donors (Lipinski definition) is 1. The molecule has 0 spiro atoms. The van der Waals surface area contributed by atoms with Gasteiger partial charge in [0.2, 0.25) is 5.91 Å². The molecule has 138 valence electrons. The van der Waals surface area contributed by atoms with Crippen molar-refractivity contribution in [2.75, 3.05) is 24.5 Å². The van der Waals surface area contributed by atoms with Gasteiger partial charge in [0.1, 0.15) is 0 Å². The first-order chi connectivity index (χ1) is 13.4. The highest BCUT2D eigenvalue weighted by Crippen LogP contribution is 2.25. The summed E-state index contributed by atoms with van der Waals surface area (Å²) in [5.41, 5.74) is 1.64. The number of likely N-dealkylation sites (tertiary alicyclic amines) is 1. The zero-order chi connectivity index (χ0) is 20.1. The third-order valence-corrected chi connectivity index (χ3v) is 5.00. The molecule has 1 fully saturated rings. The monoisotopic (exact) mass is 354 g/mol. The van der Waals surface area contributed by atoms with Crippen LogP contribution in [0.4, 0.5) is 5.69 Å². The topological polar surface area (TPSA) is 43.8 Å². The van der Waals surface area contributed by atoms with E-state index in [2.05, 4.69) is 4.90 Å². The highest BCUT2D eigenvalue weighted by molar-refractivity contribution is 5.93. The molecule has 1 aliphatic heterocycles. The maximum absolute atomic E-state index is 12.8. The van der Waals surface area contributed by atoms with E-state index >= 15 is 0 Å². The van der Waals surface area contributed by atoms with Gasteiger partial charge in [-0.2, -0.15) is 0 Å². The van der Waals surface area contributed by atoms with Crippen LogP contribution in [0.3, 0.4) is 0 Å². The van der Waals surface area contributed by atoms with Crippen LogP contribution in [-0.4, -0.2) is 41.6 Å². The molecule has 1 amide bonds. The summed E-state index contributed by atoms with van der Waals surface area (Å²) in [6.07, 6.45) is -0.957. The zero-order valence-corrected chi connectivity index (χ0v) is 15.2. The van der Waals surface area contributed by atoms with Crippen molar-refractivity contribution in [2.24, 2.45) is 0 Å². The number of piperidine rings is 1. The standard InChI is InChI=1S/C22H28N2O2/c1-2-22(26)24(19-11-7-4-8-12-19)20-13-15-23(16-14-20)17-21(25)18-9-5-3-6-10-18/h3-12,20-21,25H,2,13-17H2,1H3/i2D2. The molecule has 0 radical (unpaired) electrons. The van der Waals surface area contributed by atoms with Crippen molar-refractivity contribution >= 4 is 11.6 Å². The highest BCUT2D eigenvalue weighted by Gasteiger charge is 2.29. The quantitative estimate of drug-likeness (QED) is 0.861. The van der Waals surface area contributed by atoms with Crippen molar-refractivity contribution in [3.8, 4) is 0 Å². The summed E-state index contributed by atoms with van der Waals surface area (Å²) in [5.74, 6) is -0.499. The molecule has 2 aromatic carbocycles. The Morgan fingerprint density at radius 3 is 2.31 bits per heavy atom. The number of hydrogen-bond acceptors (Lipinski definition) is 3. The van der Waals surface area contributed by atoms with Crippen LogP contribution in [0.2, 0.25) is 0 Å². The van der Waals surface area contributed by atoms with Crippen LogP contribution in [0.5, 0.6) is 0 Å². The van der Waals surface area contributed by atoms with Gasteiger partial charge in [0, 0.05) is 40.5 Å². The molecule has 2 aromatic rings. The van der Waals surface area contributed by atoms with Crippen molar-refractivity contribution in [2.45, 2.75) is 38.3 Å². The van der Waals surface area contributed by atoms with E-state index in [4.69, 9.17) is 2.74 Å². The van der Waals surface area contributed by atoms with Crippen LogP contribution >= 0.6 is 0 Å². The Labute approximate surface area is 158 Å². The van der Waals surface area contributed by atoms with E-state index in [1.165, 1.54) is 6.92 Å². The molecule has 26 heavy (non-hydrogen) atoms. The number of para-hydroxylation sites is 1. The van der Waals surface area contributed by atoms with Crippen LogP contribution in [0.1, 0.15) is 40.5 Å². The van der Waals surface area contributed by atoms with Crippen LogP contribution in [0.25, 0.3) is 0 Å². The van der Waals surface area contributed by atoms with Gasteiger partial charge in [0.25, 0.3) is 0 Å².